The summed E-state index contributed by atoms with van der Waals surface area (Å²) in [6.07, 6.45) is -6.44. The van der Waals surface area contributed by atoms with Gasteiger partial charge < -0.3 is 10.6 Å². The maximum absolute atomic E-state index is 13.4. The molecular weight excluding hydrogens is 592 g/mol. The number of hydrogen-bond acceptors (Lipinski definition) is 2. The minimum absolute atomic E-state index is 0.0253. The zero-order chi connectivity index (χ0) is 28.6. The van der Waals surface area contributed by atoms with Crippen molar-refractivity contribution in [1.29, 1.82) is 0 Å². The Kier molecular flexibility index (Phi) is 12.3. The van der Waals surface area contributed by atoms with Crippen LogP contribution in [0.2, 0.25) is 20.1 Å². The molecule has 14 heteroatoms. The normalized spacial score (nSPS) is 12.4. The van der Waals surface area contributed by atoms with Crippen LogP contribution in [0.15, 0.2) is 48.7 Å². The predicted molar refractivity (Wildman–Crippen MR) is 133 cm³/mol. The summed E-state index contributed by atoms with van der Waals surface area (Å²) in [7, 11) is 0. The van der Waals surface area contributed by atoms with E-state index < -0.39 is 36.4 Å². The van der Waals surface area contributed by atoms with Crippen molar-refractivity contribution in [2.75, 3.05) is 6.54 Å². The quantitative estimate of drug-likeness (QED) is 0.145. The van der Waals surface area contributed by atoms with Crippen LogP contribution >= 0.6 is 46.4 Å². The number of allylic oxidation sites excluding steroid dienone is 1. The summed E-state index contributed by atoms with van der Waals surface area (Å²) >= 11 is 23.5. The van der Waals surface area contributed by atoms with Crippen molar-refractivity contribution in [1.82, 2.24) is 10.6 Å². The van der Waals surface area contributed by atoms with Crippen molar-refractivity contribution >= 4 is 64.8 Å². The molecule has 0 spiro atoms. The number of halogens is 10. The van der Waals surface area contributed by atoms with E-state index in [1.807, 2.05) is 12.2 Å². The monoisotopic (exact) mass is 608 g/mol. The molecule has 2 N–H and O–H groups in total. The van der Waals surface area contributed by atoms with Crippen molar-refractivity contribution in [3.63, 3.8) is 0 Å². The molecule has 0 saturated carbocycles. The molecule has 0 fully saturated rings. The average molecular weight is 610 g/mol. The van der Waals surface area contributed by atoms with E-state index in [0.29, 0.717) is 10.6 Å². The Morgan fingerprint density at radius 3 is 2.03 bits per heavy atom. The smallest absolute Gasteiger partial charge is 0.342 e. The van der Waals surface area contributed by atoms with Gasteiger partial charge in [-0.1, -0.05) is 77.3 Å². The maximum atomic E-state index is 13.4. The molecule has 1 atom stereocenters. The first kappa shape index (κ1) is 32.6. The molecular formula is C23H18Cl4F6N2O2. The second kappa shape index (κ2) is 13.9. The first-order chi connectivity index (χ1) is 17.0. The zero-order valence-corrected chi connectivity index (χ0v) is 21.7. The van der Waals surface area contributed by atoms with E-state index in [1.54, 1.807) is 18.2 Å². The van der Waals surface area contributed by atoms with Gasteiger partial charge in [0.1, 0.15) is 6.54 Å². The molecule has 4 nitrogen and oxygen atoms in total. The Morgan fingerprint density at radius 2 is 1.57 bits per heavy atom. The number of alkyl halides is 6. The number of rotatable bonds is 7. The molecule has 202 valence electrons. The van der Waals surface area contributed by atoms with E-state index in [9.17, 15) is 35.9 Å². The van der Waals surface area contributed by atoms with Crippen molar-refractivity contribution in [2.45, 2.75) is 25.2 Å². The number of amides is 2. The third kappa shape index (κ3) is 11.3. The Bertz CT molecular complexity index is 1140. The second-order valence-corrected chi connectivity index (χ2v) is 8.82. The van der Waals surface area contributed by atoms with Gasteiger partial charge in [-0.25, -0.2) is 0 Å². The number of aryl methyl sites for hydroxylation is 1. The van der Waals surface area contributed by atoms with Crippen LogP contribution in [0.5, 0.6) is 0 Å². The predicted octanol–water partition coefficient (Wildman–Crippen LogP) is 7.89. The van der Waals surface area contributed by atoms with E-state index >= 15 is 0 Å². The molecule has 2 rings (SSSR count). The molecule has 2 aromatic carbocycles. The van der Waals surface area contributed by atoms with Crippen LogP contribution in [0, 0.1) is 6.92 Å². The highest BCUT2D eigenvalue weighted by atomic mass is 35.5. The molecule has 0 bridgehead atoms. The Balaban J connectivity index is 0.000000448. The van der Waals surface area contributed by atoms with E-state index in [1.165, 1.54) is 23.5 Å². The fourth-order valence-corrected chi connectivity index (χ4v) is 3.31. The van der Waals surface area contributed by atoms with Gasteiger partial charge in [0, 0.05) is 5.02 Å². The third-order valence-electron chi connectivity index (χ3n) is 4.35. The fraction of sp³-hybridized carbons (Fsp3) is 0.217. The average Bonchev–Trinajstić information content (AvgIpc) is 2.77. The fourth-order valence-electron chi connectivity index (χ4n) is 2.51. The molecule has 1 unspecified atom stereocenters. The summed E-state index contributed by atoms with van der Waals surface area (Å²) in [6.45, 7) is 3.38. The van der Waals surface area contributed by atoms with E-state index in [-0.39, 0.29) is 27.0 Å². The summed E-state index contributed by atoms with van der Waals surface area (Å²) in [5.41, 5.74) is 0.888. The first-order valence-electron chi connectivity index (χ1n) is 9.85. The molecule has 0 aromatic heterocycles. The standard InChI is InChI=1S/C17H11Cl4F3.C6H7F3N2O2/c1-9-2-3-10(6-13(9)18)4-5-12(17(22,23)24)11-7-14(19)16(21)15(20)8-11;1-4(11-3-12)5(13)10-2-6(7,8)9/h2-8,12H,1H3;3H,1-2H2,(H,10,13)(H,11,12)/b5-4+;. The largest absolute Gasteiger partial charge is 0.405 e. The van der Waals surface area contributed by atoms with Crippen LogP contribution in [0.3, 0.4) is 0 Å². The molecule has 0 aliphatic heterocycles. The van der Waals surface area contributed by atoms with Crippen molar-refractivity contribution < 1.29 is 35.9 Å². The van der Waals surface area contributed by atoms with Gasteiger partial charge in [-0.05, 0) is 41.8 Å². The van der Waals surface area contributed by atoms with Crippen LogP contribution < -0.4 is 10.6 Å². The first-order valence-corrected chi connectivity index (χ1v) is 11.4. The summed E-state index contributed by atoms with van der Waals surface area (Å²) in [6, 6.07) is 7.36. The van der Waals surface area contributed by atoms with Crippen LogP contribution in [0.25, 0.3) is 6.08 Å². The summed E-state index contributed by atoms with van der Waals surface area (Å²) < 4.78 is 74.9. The number of nitrogens with one attached hydrogen (secondary N) is 2. The number of hydrogen-bond donors (Lipinski definition) is 2. The lowest BCUT2D eigenvalue weighted by molar-refractivity contribution is -0.139. The SMILES string of the molecule is C=C(NC=O)C(=O)NCC(F)(F)F.Cc1ccc(/C=C/C(c2cc(Cl)c(Cl)c(Cl)c2)C(F)(F)F)cc1Cl. The lowest BCUT2D eigenvalue weighted by Crippen LogP contribution is -2.37. The van der Waals surface area contributed by atoms with E-state index in [4.69, 9.17) is 46.4 Å². The molecule has 37 heavy (non-hydrogen) atoms. The Labute approximate surface area is 228 Å². The van der Waals surface area contributed by atoms with Gasteiger partial charge in [0.2, 0.25) is 6.41 Å². The maximum Gasteiger partial charge on any atom is 0.405 e. The highest BCUT2D eigenvalue weighted by molar-refractivity contribution is 6.48. The Hall–Kier alpha value is -2.40. The highest BCUT2D eigenvalue weighted by Crippen LogP contribution is 2.41. The topological polar surface area (TPSA) is 58.2 Å². The van der Waals surface area contributed by atoms with Gasteiger partial charge in [-0.15, -0.1) is 0 Å². The number of benzene rings is 2. The van der Waals surface area contributed by atoms with Gasteiger partial charge in [0.15, 0.2) is 0 Å². The van der Waals surface area contributed by atoms with Crippen LogP contribution in [-0.4, -0.2) is 31.2 Å². The Morgan fingerprint density at radius 1 is 1.00 bits per heavy atom. The van der Waals surface area contributed by atoms with Crippen molar-refractivity contribution in [3.05, 3.63) is 85.5 Å². The molecule has 2 aromatic rings. The van der Waals surface area contributed by atoms with Crippen molar-refractivity contribution in [2.24, 2.45) is 0 Å². The van der Waals surface area contributed by atoms with Gasteiger partial charge in [-0.3, -0.25) is 9.59 Å². The van der Waals surface area contributed by atoms with Gasteiger partial charge in [-0.2, -0.15) is 26.3 Å². The molecule has 0 heterocycles. The van der Waals surface area contributed by atoms with Crippen LogP contribution in [-0.2, 0) is 9.59 Å². The lowest BCUT2D eigenvalue weighted by atomic mass is 9.97. The highest BCUT2D eigenvalue weighted by Gasteiger charge is 2.39. The molecule has 2 amide bonds. The number of carbonyl (C=O) groups excluding carboxylic acids is 2. The molecule has 0 aliphatic carbocycles. The molecule has 0 aliphatic rings. The molecule has 0 radical (unpaired) electrons. The van der Waals surface area contributed by atoms with Gasteiger partial charge >= 0.3 is 12.4 Å². The lowest BCUT2D eigenvalue weighted by Gasteiger charge is -2.18. The van der Waals surface area contributed by atoms with E-state index in [0.717, 1.165) is 11.6 Å². The second-order valence-electron chi connectivity index (χ2n) is 7.22. The molecule has 0 saturated heterocycles. The minimum atomic E-state index is -4.51. The van der Waals surface area contributed by atoms with Crippen molar-refractivity contribution in [3.8, 4) is 0 Å². The minimum Gasteiger partial charge on any atom is -0.342 e. The summed E-state index contributed by atoms with van der Waals surface area (Å²) in [4.78, 5) is 20.4. The summed E-state index contributed by atoms with van der Waals surface area (Å²) in [5, 5.41) is 3.80. The number of carbonyl (C=O) groups is 2. The van der Waals surface area contributed by atoms with Crippen LogP contribution in [0.1, 0.15) is 22.6 Å². The van der Waals surface area contributed by atoms with E-state index in [2.05, 4.69) is 6.58 Å². The third-order valence-corrected chi connectivity index (χ3v) is 5.96. The summed E-state index contributed by atoms with van der Waals surface area (Å²) in [5.74, 6) is -2.94. The van der Waals surface area contributed by atoms with Crippen LogP contribution in [0.4, 0.5) is 26.3 Å². The van der Waals surface area contributed by atoms with Gasteiger partial charge in [0.25, 0.3) is 5.91 Å². The van der Waals surface area contributed by atoms with Gasteiger partial charge in [0.05, 0.1) is 26.7 Å². The zero-order valence-electron chi connectivity index (χ0n) is 18.7.